The van der Waals surface area contributed by atoms with Gasteiger partial charge in [-0.05, 0) is 50.6 Å². The highest BCUT2D eigenvalue weighted by Crippen LogP contribution is 2.33. The van der Waals surface area contributed by atoms with Crippen molar-refractivity contribution < 1.29 is 24.2 Å². The third-order valence-corrected chi connectivity index (χ3v) is 6.83. The highest BCUT2D eigenvalue weighted by atomic mass is 32.2. The summed E-state index contributed by atoms with van der Waals surface area (Å²) >= 11 is 1.33. The molecule has 2 amide bonds. The van der Waals surface area contributed by atoms with Crippen LogP contribution < -0.4 is 4.74 Å². The molecule has 2 aromatic carbocycles. The largest absolute Gasteiger partial charge is 0.497 e. The number of nitrogens with zero attached hydrogens (tertiary/aromatic N) is 2. The maximum absolute atomic E-state index is 13.8. The van der Waals surface area contributed by atoms with Crippen molar-refractivity contribution in [1.29, 1.82) is 0 Å². The zero-order valence-electron chi connectivity index (χ0n) is 19.4. The maximum Gasteiger partial charge on any atom is 0.408 e. The van der Waals surface area contributed by atoms with Gasteiger partial charge in [0, 0.05) is 29.8 Å². The van der Waals surface area contributed by atoms with E-state index in [0.717, 1.165) is 10.5 Å². The molecule has 1 heterocycles. The molecule has 0 unspecified atom stereocenters. The number of hydrogen-bond acceptors (Lipinski definition) is 5. The van der Waals surface area contributed by atoms with Crippen molar-refractivity contribution in [3.63, 3.8) is 0 Å². The predicted octanol–water partition coefficient (Wildman–Crippen LogP) is 4.30. The van der Waals surface area contributed by atoms with Gasteiger partial charge in [-0.15, -0.1) is 0 Å². The molecule has 3 rings (SSSR count). The first-order valence-electron chi connectivity index (χ1n) is 10.8. The molecule has 2 aromatic rings. The molecule has 0 spiro atoms. The maximum atomic E-state index is 13.8. The number of carbonyl (C=O) groups is 3. The van der Waals surface area contributed by atoms with Crippen LogP contribution in [-0.4, -0.2) is 63.3 Å². The number of amides is 2. The molecule has 0 aliphatic carbocycles. The fourth-order valence-electron chi connectivity index (χ4n) is 3.98. The minimum absolute atomic E-state index is 0.0296. The number of hydrogen-bond donors (Lipinski definition) is 1. The highest BCUT2D eigenvalue weighted by molar-refractivity contribution is 8.00. The van der Waals surface area contributed by atoms with Crippen LogP contribution in [0.5, 0.6) is 5.75 Å². The number of ether oxygens (including phenoxy) is 1. The summed E-state index contributed by atoms with van der Waals surface area (Å²) in [6.45, 7) is 5.57. The van der Waals surface area contributed by atoms with E-state index in [1.807, 2.05) is 42.5 Å². The van der Waals surface area contributed by atoms with Crippen molar-refractivity contribution in [3.8, 4) is 5.75 Å². The molecule has 176 valence electrons. The molecule has 8 heteroatoms. The van der Waals surface area contributed by atoms with Crippen LogP contribution in [-0.2, 0) is 16.0 Å². The molecule has 0 aromatic heterocycles. The van der Waals surface area contributed by atoms with Crippen LogP contribution in [0.2, 0.25) is 0 Å². The average Bonchev–Trinajstić information content (AvgIpc) is 3.13. The molecule has 0 saturated carbocycles. The number of carbonyl (C=O) groups excluding carboxylic acids is 2. The third-order valence-electron chi connectivity index (χ3n) is 5.55. The number of ketones is 1. The van der Waals surface area contributed by atoms with E-state index in [9.17, 15) is 19.5 Å². The van der Waals surface area contributed by atoms with Crippen molar-refractivity contribution in [3.05, 3.63) is 60.2 Å². The zero-order chi connectivity index (χ0) is 24.2. The lowest BCUT2D eigenvalue weighted by atomic mass is 9.97. The van der Waals surface area contributed by atoms with Gasteiger partial charge in [-0.25, -0.2) is 4.79 Å². The first-order valence-corrected chi connectivity index (χ1v) is 11.7. The molecule has 1 saturated heterocycles. The number of thioether (sulfide) groups is 1. The quantitative estimate of drug-likeness (QED) is 0.649. The van der Waals surface area contributed by atoms with Crippen LogP contribution in [0.3, 0.4) is 0 Å². The van der Waals surface area contributed by atoms with Crippen LogP contribution in [0, 0.1) is 0 Å². The summed E-state index contributed by atoms with van der Waals surface area (Å²) in [7, 11) is 1.57. The number of methoxy groups -OCH3 is 1. The summed E-state index contributed by atoms with van der Waals surface area (Å²) in [5, 5.41) is 9.37. The summed E-state index contributed by atoms with van der Waals surface area (Å²) in [6, 6.07) is 15.7. The van der Waals surface area contributed by atoms with Crippen molar-refractivity contribution in [2.45, 2.75) is 55.5 Å². The van der Waals surface area contributed by atoms with E-state index in [1.54, 1.807) is 40.0 Å². The van der Waals surface area contributed by atoms with Crippen LogP contribution in [0.25, 0.3) is 0 Å². The Bertz CT molecular complexity index is 988. The lowest BCUT2D eigenvalue weighted by molar-refractivity contribution is -0.138. The lowest BCUT2D eigenvalue weighted by Gasteiger charge is -2.41. The molecule has 1 aliphatic rings. The van der Waals surface area contributed by atoms with Crippen LogP contribution in [0.1, 0.15) is 32.8 Å². The Balaban J connectivity index is 1.94. The summed E-state index contributed by atoms with van der Waals surface area (Å²) in [5.41, 5.74) is -0.00724. The second kappa shape index (κ2) is 10.3. The van der Waals surface area contributed by atoms with Crippen molar-refractivity contribution in [1.82, 2.24) is 9.80 Å². The van der Waals surface area contributed by atoms with Gasteiger partial charge in [-0.2, -0.15) is 0 Å². The van der Waals surface area contributed by atoms with Gasteiger partial charge in [0.15, 0.2) is 5.78 Å². The molecule has 2 atom stereocenters. The van der Waals surface area contributed by atoms with Gasteiger partial charge < -0.3 is 14.7 Å². The normalized spacial score (nSPS) is 17.0. The second-order valence-corrected chi connectivity index (χ2v) is 10.1. The van der Waals surface area contributed by atoms with Crippen LogP contribution in [0.15, 0.2) is 59.5 Å². The number of rotatable bonds is 7. The Morgan fingerprint density at radius 2 is 1.79 bits per heavy atom. The van der Waals surface area contributed by atoms with E-state index in [2.05, 4.69) is 0 Å². The minimum Gasteiger partial charge on any atom is -0.497 e. The molecule has 0 radical (unpaired) electrons. The van der Waals surface area contributed by atoms with Crippen molar-refractivity contribution >= 4 is 29.5 Å². The number of carboxylic acid groups (broad SMARTS) is 1. The van der Waals surface area contributed by atoms with Crippen LogP contribution in [0.4, 0.5) is 4.79 Å². The van der Waals surface area contributed by atoms with Gasteiger partial charge in [-0.1, -0.05) is 42.1 Å². The summed E-state index contributed by atoms with van der Waals surface area (Å²) in [6.07, 6.45) is -0.722. The number of benzene rings is 2. The molecule has 0 bridgehead atoms. The first-order chi connectivity index (χ1) is 15.6. The number of likely N-dealkylation sites (tertiary alicyclic amines) is 1. The first kappa shape index (κ1) is 24.6. The monoisotopic (exact) mass is 470 g/mol. The predicted molar refractivity (Wildman–Crippen MR) is 128 cm³/mol. The Morgan fingerprint density at radius 1 is 1.15 bits per heavy atom. The highest BCUT2D eigenvalue weighted by Gasteiger charge is 2.44. The van der Waals surface area contributed by atoms with Gasteiger partial charge in [0.1, 0.15) is 17.2 Å². The molecule has 1 N–H and O–H groups in total. The summed E-state index contributed by atoms with van der Waals surface area (Å²) in [4.78, 5) is 42.4. The van der Waals surface area contributed by atoms with E-state index in [1.165, 1.54) is 21.6 Å². The summed E-state index contributed by atoms with van der Waals surface area (Å²) in [5.74, 6) is 0.289. The van der Waals surface area contributed by atoms with Gasteiger partial charge in [-0.3, -0.25) is 14.5 Å². The molecule has 1 fully saturated rings. The third kappa shape index (κ3) is 5.87. The Kier molecular flexibility index (Phi) is 7.68. The van der Waals surface area contributed by atoms with E-state index in [-0.39, 0.29) is 31.1 Å². The second-order valence-electron chi connectivity index (χ2n) is 8.92. The van der Waals surface area contributed by atoms with Crippen LogP contribution >= 0.6 is 11.8 Å². The van der Waals surface area contributed by atoms with Gasteiger partial charge in [0.25, 0.3) is 0 Å². The van der Waals surface area contributed by atoms with E-state index in [0.29, 0.717) is 5.75 Å². The molecule has 33 heavy (non-hydrogen) atoms. The standard InChI is InChI=1S/C25H30N2O5S/c1-25(2,3)27(24(30)31)20(16-17-10-12-18(32-4)13-11-17)22(29)26-15-14-21(28)23(26)33-19-8-6-5-7-9-19/h5-13,20,23H,14-16H2,1-4H3,(H,30,31)/t20-,23+/m0/s1. The number of Topliss-reactive ketones (excluding diaryl/α,β-unsaturated/α-hetero) is 1. The fourth-order valence-corrected chi connectivity index (χ4v) is 5.14. The van der Waals surface area contributed by atoms with Gasteiger partial charge in [0.05, 0.1) is 7.11 Å². The average molecular weight is 471 g/mol. The molecular formula is C25H30N2O5S. The minimum atomic E-state index is -1.17. The summed E-state index contributed by atoms with van der Waals surface area (Å²) < 4.78 is 5.21. The molecule has 7 nitrogen and oxygen atoms in total. The van der Waals surface area contributed by atoms with Gasteiger partial charge >= 0.3 is 6.09 Å². The Morgan fingerprint density at radius 3 is 2.33 bits per heavy atom. The van der Waals surface area contributed by atoms with Crippen molar-refractivity contribution in [2.75, 3.05) is 13.7 Å². The Labute approximate surface area is 198 Å². The van der Waals surface area contributed by atoms with Crippen molar-refractivity contribution in [2.24, 2.45) is 0 Å². The Hall–Kier alpha value is -3.00. The van der Waals surface area contributed by atoms with E-state index < -0.39 is 23.0 Å². The molecular weight excluding hydrogens is 440 g/mol. The zero-order valence-corrected chi connectivity index (χ0v) is 20.2. The SMILES string of the molecule is COc1ccc(C[C@@H](C(=O)N2CCC(=O)[C@H]2Sc2ccccc2)N(C(=O)O)C(C)(C)C)cc1. The topological polar surface area (TPSA) is 87.2 Å². The van der Waals surface area contributed by atoms with Gasteiger partial charge in [0.2, 0.25) is 5.91 Å². The smallest absolute Gasteiger partial charge is 0.408 e. The lowest BCUT2D eigenvalue weighted by Crippen LogP contribution is -2.58. The fraction of sp³-hybridized carbons (Fsp3) is 0.400. The molecule has 1 aliphatic heterocycles. The van der Waals surface area contributed by atoms with E-state index >= 15 is 0 Å². The van der Waals surface area contributed by atoms with E-state index in [4.69, 9.17) is 4.74 Å².